The quantitative estimate of drug-likeness (QED) is 0.822. The minimum Gasteiger partial charge on any atom is -0.354 e. The normalized spacial score (nSPS) is 18.4. The van der Waals surface area contributed by atoms with Gasteiger partial charge in [0.05, 0.1) is 6.54 Å². The van der Waals surface area contributed by atoms with E-state index in [0.29, 0.717) is 19.6 Å². The molecule has 2 rings (SSSR count). The predicted octanol–water partition coefficient (Wildman–Crippen LogP) is 0.681. The maximum Gasteiger partial charge on any atom is 0.234 e. The van der Waals surface area contributed by atoms with Gasteiger partial charge in [0, 0.05) is 25.7 Å². The third kappa shape index (κ3) is 2.89. The van der Waals surface area contributed by atoms with Crippen LogP contribution < -0.4 is 11.1 Å². The number of amides is 1. The lowest BCUT2D eigenvalue weighted by molar-refractivity contribution is -0.124. The molecule has 0 aromatic heterocycles. The molecule has 0 spiro atoms. The van der Waals surface area contributed by atoms with E-state index in [2.05, 4.69) is 41.4 Å². The first-order valence-corrected chi connectivity index (χ1v) is 6.54. The highest BCUT2D eigenvalue weighted by Gasteiger charge is 2.24. The van der Waals surface area contributed by atoms with Crippen LogP contribution >= 0.6 is 0 Å². The second-order valence-electron chi connectivity index (χ2n) is 4.67. The minimum absolute atomic E-state index is 0.0879. The van der Waals surface area contributed by atoms with E-state index < -0.39 is 0 Å². The van der Waals surface area contributed by atoms with Crippen LogP contribution in [0.5, 0.6) is 0 Å². The molecule has 4 nitrogen and oxygen atoms in total. The van der Waals surface area contributed by atoms with Crippen molar-refractivity contribution in [3.8, 4) is 0 Å². The Balaban J connectivity index is 2.13. The summed E-state index contributed by atoms with van der Waals surface area (Å²) in [7, 11) is 0. The Labute approximate surface area is 108 Å². The zero-order valence-corrected chi connectivity index (χ0v) is 10.9. The van der Waals surface area contributed by atoms with Gasteiger partial charge >= 0.3 is 0 Å². The summed E-state index contributed by atoms with van der Waals surface area (Å²) in [4.78, 5) is 13.6. The average Bonchev–Trinajstić information content (AvgIpc) is 2.40. The van der Waals surface area contributed by atoms with Crippen molar-refractivity contribution < 1.29 is 4.79 Å². The van der Waals surface area contributed by atoms with E-state index in [4.69, 9.17) is 5.73 Å². The second-order valence-corrected chi connectivity index (χ2v) is 4.67. The van der Waals surface area contributed by atoms with E-state index in [1.165, 1.54) is 11.1 Å². The number of carbonyl (C=O) groups excluding carboxylic acids is 1. The average molecular weight is 247 g/mol. The number of benzene rings is 1. The molecule has 1 aliphatic heterocycles. The van der Waals surface area contributed by atoms with E-state index in [1.54, 1.807) is 0 Å². The van der Waals surface area contributed by atoms with Crippen molar-refractivity contribution in [2.45, 2.75) is 19.4 Å². The van der Waals surface area contributed by atoms with Gasteiger partial charge in [-0.1, -0.05) is 31.2 Å². The molecule has 1 amide bonds. The Kier molecular flexibility index (Phi) is 4.33. The summed E-state index contributed by atoms with van der Waals surface area (Å²) in [6, 6.07) is 8.68. The van der Waals surface area contributed by atoms with E-state index in [9.17, 15) is 4.79 Å². The molecular weight excluding hydrogens is 226 g/mol. The fourth-order valence-corrected chi connectivity index (χ4v) is 2.40. The first kappa shape index (κ1) is 13.1. The van der Waals surface area contributed by atoms with Crippen LogP contribution in [0.4, 0.5) is 0 Å². The third-order valence-electron chi connectivity index (χ3n) is 3.50. The van der Waals surface area contributed by atoms with Crippen LogP contribution in [0, 0.1) is 0 Å². The highest BCUT2D eigenvalue weighted by atomic mass is 16.2. The van der Waals surface area contributed by atoms with E-state index in [0.717, 1.165) is 13.0 Å². The Morgan fingerprint density at radius 1 is 1.39 bits per heavy atom. The summed E-state index contributed by atoms with van der Waals surface area (Å²) in [5.41, 5.74) is 8.40. The van der Waals surface area contributed by atoms with Crippen molar-refractivity contribution in [3.05, 3.63) is 35.4 Å². The Morgan fingerprint density at radius 2 is 2.11 bits per heavy atom. The van der Waals surface area contributed by atoms with Gasteiger partial charge in [-0.3, -0.25) is 9.69 Å². The molecule has 3 N–H and O–H groups in total. The van der Waals surface area contributed by atoms with Gasteiger partial charge in [-0.25, -0.2) is 0 Å². The van der Waals surface area contributed by atoms with Gasteiger partial charge in [-0.2, -0.15) is 0 Å². The van der Waals surface area contributed by atoms with Gasteiger partial charge in [0.15, 0.2) is 0 Å². The van der Waals surface area contributed by atoms with Crippen molar-refractivity contribution in [3.63, 3.8) is 0 Å². The topological polar surface area (TPSA) is 58.4 Å². The molecule has 0 aliphatic carbocycles. The summed E-state index contributed by atoms with van der Waals surface area (Å²) in [5.74, 6) is 0.0879. The lowest BCUT2D eigenvalue weighted by Crippen LogP contribution is -2.50. The van der Waals surface area contributed by atoms with E-state index in [-0.39, 0.29) is 11.9 Å². The van der Waals surface area contributed by atoms with Crippen molar-refractivity contribution in [2.75, 3.05) is 26.2 Å². The van der Waals surface area contributed by atoms with E-state index in [1.807, 2.05) is 0 Å². The summed E-state index contributed by atoms with van der Waals surface area (Å²) in [6.07, 6.45) is 1.04. The number of nitrogens with two attached hydrogens (primary N) is 1. The molecule has 98 valence electrons. The highest BCUT2D eigenvalue weighted by molar-refractivity contribution is 5.78. The zero-order valence-electron chi connectivity index (χ0n) is 10.9. The maximum atomic E-state index is 11.4. The first-order chi connectivity index (χ1) is 8.74. The molecule has 1 aromatic rings. The Hall–Kier alpha value is -1.39. The summed E-state index contributed by atoms with van der Waals surface area (Å²) < 4.78 is 0. The van der Waals surface area contributed by atoms with Crippen molar-refractivity contribution in [1.29, 1.82) is 0 Å². The molecule has 0 radical (unpaired) electrons. The zero-order chi connectivity index (χ0) is 13.0. The number of rotatable bonds is 4. The number of piperazine rings is 1. The molecule has 0 saturated carbocycles. The molecule has 1 heterocycles. The predicted molar refractivity (Wildman–Crippen MR) is 72.2 cm³/mol. The molecule has 1 aliphatic rings. The van der Waals surface area contributed by atoms with Crippen molar-refractivity contribution >= 4 is 5.91 Å². The third-order valence-corrected chi connectivity index (χ3v) is 3.50. The SMILES string of the molecule is CCc1ccc(C(CN)N2CCNC(=O)C2)cc1. The number of hydrogen-bond acceptors (Lipinski definition) is 3. The molecule has 1 aromatic carbocycles. The number of carbonyl (C=O) groups is 1. The second kappa shape index (κ2) is 5.98. The van der Waals surface area contributed by atoms with Crippen LogP contribution in [0.15, 0.2) is 24.3 Å². The van der Waals surface area contributed by atoms with Gasteiger partial charge in [-0.15, -0.1) is 0 Å². The standard InChI is InChI=1S/C14H21N3O/c1-2-11-3-5-12(6-4-11)13(9-15)17-8-7-16-14(18)10-17/h3-6,13H,2,7-10,15H2,1H3,(H,16,18). The van der Waals surface area contributed by atoms with Gasteiger partial charge in [0.1, 0.15) is 0 Å². The van der Waals surface area contributed by atoms with Crippen LogP contribution in [-0.4, -0.2) is 37.0 Å². The fraction of sp³-hybridized carbons (Fsp3) is 0.500. The molecule has 1 fully saturated rings. The molecule has 0 bridgehead atoms. The van der Waals surface area contributed by atoms with Crippen LogP contribution in [0.1, 0.15) is 24.1 Å². The highest BCUT2D eigenvalue weighted by Crippen LogP contribution is 2.20. The number of nitrogens with zero attached hydrogens (tertiary/aromatic N) is 1. The van der Waals surface area contributed by atoms with Crippen LogP contribution in [-0.2, 0) is 11.2 Å². The monoisotopic (exact) mass is 247 g/mol. The van der Waals surface area contributed by atoms with Crippen LogP contribution in [0.25, 0.3) is 0 Å². The van der Waals surface area contributed by atoms with Gasteiger partial charge in [-0.05, 0) is 17.5 Å². The number of nitrogens with one attached hydrogen (secondary N) is 1. The largest absolute Gasteiger partial charge is 0.354 e. The van der Waals surface area contributed by atoms with Gasteiger partial charge in [0.25, 0.3) is 0 Å². The van der Waals surface area contributed by atoms with E-state index >= 15 is 0 Å². The smallest absolute Gasteiger partial charge is 0.234 e. The number of hydrogen-bond donors (Lipinski definition) is 2. The summed E-state index contributed by atoms with van der Waals surface area (Å²) >= 11 is 0. The lowest BCUT2D eigenvalue weighted by Gasteiger charge is -2.33. The lowest BCUT2D eigenvalue weighted by atomic mass is 10.0. The van der Waals surface area contributed by atoms with Crippen molar-refractivity contribution in [2.24, 2.45) is 5.73 Å². The van der Waals surface area contributed by atoms with Crippen LogP contribution in [0.2, 0.25) is 0 Å². The first-order valence-electron chi connectivity index (χ1n) is 6.54. The summed E-state index contributed by atoms with van der Waals surface area (Å²) in [6.45, 7) is 4.70. The fourth-order valence-electron chi connectivity index (χ4n) is 2.40. The molecule has 1 atom stereocenters. The van der Waals surface area contributed by atoms with Crippen LogP contribution in [0.3, 0.4) is 0 Å². The molecule has 1 unspecified atom stereocenters. The minimum atomic E-state index is 0.0879. The summed E-state index contributed by atoms with van der Waals surface area (Å²) in [5, 5.41) is 2.84. The van der Waals surface area contributed by atoms with Gasteiger partial charge in [0.2, 0.25) is 5.91 Å². The molecule has 4 heteroatoms. The Bertz CT molecular complexity index is 402. The molecular formula is C14H21N3O. The maximum absolute atomic E-state index is 11.4. The molecule has 18 heavy (non-hydrogen) atoms. The number of aryl methyl sites for hydroxylation is 1. The molecule has 1 saturated heterocycles. The van der Waals surface area contributed by atoms with Crippen molar-refractivity contribution in [1.82, 2.24) is 10.2 Å². The van der Waals surface area contributed by atoms with Gasteiger partial charge < -0.3 is 11.1 Å². The Morgan fingerprint density at radius 3 is 2.67 bits per heavy atom.